The van der Waals surface area contributed by atoms with Gasteiger partial charge in [-0.2, -0.15) is 0 Å². The van der Waals surface area contributed by atoms with E-state index < -0.39 is 5.97 Å². The Morgan fingerprint density at radius 3 is 2.65 bits per heavy atom. The van der Waals surface area contributed by atoms with Crippen LogP contribution >= 0.6 is 0 Å². The molecular formula is C15H18N2O3. The van der Waals surface area contributed by atoms with Crippen LogP contribution in [0, 0.1) is 0 Å². The number of esters is 1. The fraction of sp³-hybridized carbons (Fsp3) is 0.333. The number of hydrogen-bond acceptors (Lipinski definition) is 3. The molecule has 5 heteroatoms. The zero-order valence-electron chi connectivity index (χ0n) is 11.6. The van der Waals surface area contributed by atoms with Crippen molar-refractivity contribution in [1.82, 2.24) is 10.6 Å². The lowest BCUT2D eigenvalue weighted by Gasteiger charge is -2.27. The van der Waals surface area contributed by atoms with Gasteiger partial charge in [0.25, 0.3) is 0 Å². The predicted molar refractivity (Wildman–Crippen MR) is 74.9 cm³/mol. The maximum atomic E-state index is 12.0. The first-order chi connectivity index (χ1) is 9.61. The van der Waals surface area contributed by atoms with Gasteiger partial charge in [0, 0.05) is 5.70 Å². The summed E-state index contributed by atoms with van der Waals surface area (Å²) in [6.45, 7) is 3.78. The van der Waals surface area contributed by atoms with Gasteiger partial charge < -0.3 is 15.4 Å². The first kappa shape index (κ1) is 14.1. The van der Waals surface area contributed by atoms with Gasteiger partial charge >= 0.3 is 12.0 Å². The molecule has 0 aromatic heterocycles. The second-order valence-electron chi connectivity index (χ2n) is 4.60. The maximum Gasteiger partial charge on any atom is 0.337 e. The quantitative estimate of drug-likeness (QED) is 0.822. The molecule has 2 amide bonds. The highest BCUT2D eigenvalue weighted by atomic mass is 16.5. The molecular weight excluding hydrogens is 256 g/mol. The summed E-state index contributed by atoms with van der Waals surface area (Å²) in [5.74, 6) is -0.390. The van der Waals surface area contributed by atoms with E-state index in [1.54, 1.807) is 13.8 Å². The van der Waals surface area contributed by atoms with Crippen LogP contribution in [0.1, 0.15) is 19.4 Å². The number of urea groups is 1. The van der Waals surface area contributed by atoms with Crippen molar-refractivity contribution in [3.05, 3.63) is 47.2 Å². The molecule has 0 radical (unpaired) electrons. The Labute approximate surface area is 118 Å². The van der Waals surface area contributed by atoms with Crippen molar-refractivity contribution in [3.8, 4) is 0 Å². The number of rotatable bonds is 4. The highest BCUT2D eigenvalue weighted by Gasteiger charge is 2.30. The molecule has 0 aliphatic carbocycles. The lowest BCUT2D eigenvalue weighted by atomic mass is 9.96. The van der Waals surface area contributed by atoms with Crippen molar-refractivity contribution in [2.75, 3.05) is 6.61 Å². The zero-order chi connectivity index (χ0) is 14.5. The summed E-state index contributed by atoms with van der Waals surface area (Å²) in [6, 6.07) is 9.05. The van der Waals surface area contributed by atoms with Crippen LogP contribution in [-0.4, -0.2) is 24.6 Å². The Balaban J connectivity index is 2.25. The summed E-state index contributed by atoms with van der Waals surface area (Å²) < 4.78 is 5.07. The molecule has 2 rings (SSSR count). The summed E-state index contributed by atoms with van der Waals surface area (Å²) in [6.07, 6.45) is 0.555. The van der Waals surface area contributed by atoms with Gasteiger partial charge in [-0.15, -0.1) is 0 Å². The molecule has 0 bridgehead atoms. The van der Waals surface area contributed by atoms with Gasteiger partial charge in [0.2, 0.25) is 0 Å². The molecule has 0 saturated heterocycles. The number of carbonyl (C=O) groups excluding carboxylic acids is 2. The van der Waals surface area contributed by atoms with Crippen LogP contribution in [0.4, 0.5) is 4.79 Å². The average Bonchev–Trinajstić information content (AvgIpc) is 2.39. The number of nitrogens with one attached hydrogen (secondary N) is 2. The van der Waals surface area contributed by atoms with Crippen molar-refractivity contribution in [2.45, 2.75) is 26.3 Å². The Bertz CT molecular complexity index is 537. The average molecular weight is 274 g/mol. The van der Waals surface area contributed by atoms with Gasteiger partial charge in [0.05, 0.1) is 18.2 Å². The molecule has 1 aliphatic heterocycles. The minimum absolute atomic E-state index is 0.295. The first-order valence-electron chi connectivity index (χ1n) is 6.61. The fourth-order valence-electron chi connectivity index (χ4n) is 2.27. The lowest BCUT2D eigenvalue weighted by Crippen LogP contribution is -2.50. The van der Waals surface area contributed by atoms with Crippen LogP contribution in [0.25, 0.3) is 0 Å². The SMILES string of the molecule is CCOC(=O)C1=C(C)NC(=O)N[C@@H]1Cc1ccccc1. The normalized spacial score (nSPS) is 18.3. The van der Waals surface area contributed by atoms with Gasteiger partial charge in [-0.3, -0.25) is 0 Å². The fourth-order valence-corrected chi connectivity index (χ4v) is 2.27. The van der Waals surface area contributed by atoms with E-state index in [0.717, 1.165) is 5.56 Å². The van der Waals surface area contributed by atoms with E-state index in [1.807, 2.05) is 30.3 Å². The Morgan fingerprint density at radius 2 is 2.00 bits per heavy atom. The molecule has 0 saturated carbocycles. The molecule has 1 atom stereocenters. The van der Waals surface area contributed by atoms with Gasteiger partial charge in [0.1, 0.15) is 0 Å². The molecule has 1 heterocycles. The smallest absolute Gasteiger partial charge is 0.337 e. The van der Waals surface area contributed by atoms with Gasteiger partial charge in [-0.05, 0) is 25.8 Å². The van der Waals surface area contributed by atoms with Crippen LogP contribution in [0.5, 0.6) is 0 Å². The highest BCUT2D eigenvalue weighted by Crippen LogP contribution is 2.18. The molecule has 0 fully saturated rings. The first-order valence-corrected chi connectivity index (χ1v) is 6.61. The van der Waals surface area contributed by atoms with Crippen LogP contribution in [0.2, 0.25) is 0 Å². The maximum absolute atomic E-state index is 12.0. The van der Waals surface area contributed by atoms with Gasteiger partial charge in [0.15, 0.2) is 0 Å². The molecule has 0 unspecified atom stereocenters. The molecule has 2 N–H and O–H groups in total. The molecule has 1 aromatic rings. The van der Waals surface area contributed by atoms with E-state index in [4.69, 9.17) is 4.74 Å². The third kappa shape index (κ3) is 3.17. The van der Waals surface area contributed by atoms with Crippen LogP contribution in [0.3, 0.4) is 0 Å². The third-order valence-corrected chi connectivity index (χ3v) is 3.14. The van der Waals surface area contributed by atoms with Crippen molar-refractivity contribution in [1.29, 1.82) is 0 Å². The summed E-state index contributed by atoms with van der Waals surface area (Å²) in [7, 11) is 0. The molecule has 5 nitrogen and oxygen atoms in total. The van der Waals surface area contributed by atoms with E-state index in [-0.39, 0.29) is 12.1 Å². The standard InChI is InChI=1S/C15H18N2O3/c1-3-20-14(18)13-10(2)16-15(19)17-12(13)9-11-7-5-4-6-8-11/h4-8,12H,3,9H2,1-2H3,(H2,16,17,19)/t12-/m1/s1. The Kier molecular flexibility index (Phi) is 4.40. The van der Waals surface area contributed by atoms with Gasteiger partial charge in [-0.25, -0.2) is 9.59 Å². The lowest BCUT2D eigenvalue weighted by molar-refractivity contribution is -0.139. The minimum Gasteiger partial charge on any atom is -0.463 e. The second kappa shape index (κ2) is 6.23. The summed E-state index contributed by atoms with van der Waals surface area (Å²) in [4.78, 5) is 23.6. The number of hydrogen-bond donors (Lipinski definition) is 2. The summed E-state index contributed by atoms with van der Waals surface area (Å²) in [5.41, 5.74) is 2.08. The number of benzene rings is 1. The van der Waals surface area contributed by atoms with E-state index in [0.29, 0.717) is 24.3 Å². The predicted octanol–water partition coefficient (Wildman–Crippen LogP) is 1.75. The van der Waals surface area contributed by atoms with Crippen LogP contribution < -0.4 is 10.6 Å². The largest absolute Gasteiger partial charge is 0.463 e. The minimum atomic E-state index is -0.390. The van der Waals surface area contributed by atoms with Crippen molar-refractivity contribution in [3.63, 3.8) is 0 Å². The Hall–Kier alpha value is -2.30. The van der Waals surface area contributed by atoms with Crippen LogP contribution in [0.15, 0.2) is 41.6 Å². The van der Waals surface area contributed by atoms with Crippen molar-refractivity contribution in [2.24, 2.45) is 0 Å². The molecule has 0 spiro atoms. The molecule has 1 aliphatic rings. The summed E-state index contributed by atoms with van der Waals surface area (Å²) >= 11 is 0. The van der Waals surface area contributed by atoms with E-state index in [1.165, 1.54) is 0 Å². The zero-order valence-corrected chi connectivity index (χ0v) is 11.6. The van der Waals surface area contributed by atoms with E-state index in [9.17, 15) is 9.59 Å². The number of carbonyl (C=O) groups is 2. The van der Waals surface area contributed by atoms with E-state index in [2.05, 4.69) is 10.6 Å². The molecule has 20 heavy (non-hydrogen) atoms. The number of allylic oxidation sites excluding steroid dienone is 1. The highest BCUT2D eigenvalue weighted by molar-refractivity contribution is 5.94. The molecule has 106 valence electrons. The molecule has 1 aromatic carbocycles. The third-order valence-electron chi connectivity index (χ3n) is 3.14. The summed E-state index contributed by atoms with van der Waals surface area (Å²) in [5, 5.41) is 5.39. The number of amides is 2. The van der Waals surface area contributed by atoms with E-state index >= 15 is 0 Å². The monoisotopic (exact) mass is 274 g/mol. The van der Waals surface area contributed by atoms with Crippen molar-refractivity contribution >= 4 is 12.0 Å². The van der Waals surface area contributed by atoms with Crippen LogP contribution in [-0.2, 0) is 16.0 Å². The van der Waals surface area contributed by atoms with Crippen molar-refractivity contribution < 1.29 is 14.3 Å². The van der Waals surface area contributed by atoms with Gasteiger partial charge in [-0.1, -0.05) is 30.3 Å². The topological polar surface area (TPSA) is 67.4 Å². The Morgan fingerprint density at radius 1 is 1.30 bits per heavy atom. The number of ether oxygens (including phenoxy) is 1. The second-order valence-corrected chi connectivity index (χ2v) is 4.60.